The lowest BCUT2D eigenvalue weighted by Crippen LogP contribution is -2.13. The quantitative estimate of drug-likeness (QED) is 0.384. The summed E-state index contributed by atoms with van der Waals surface area (Å²) in [6.07, 6.45) is 0. The van der Waals surface area contributed by atoms with Crippen LogP contribution in [0.2, 0.25) is 5.02 Å². The van der Waals surface area contributed by atoms with Gasteiger partial charge < -0.3 is 15.7 Å². The summed E-state index contributed by atoms with van der Waals surface area (Å²) < 4.78 is 6.33. The van der Waals surface area contributed by atoms with Crippen LogP contribution in [0, 0.1) is 0 Å². The molecule has 0 unspecified atom stereocenters. The van der Waals surface area contributed by atoms with Gasteiger partial charge in [-0.25, -0.2) is 0 Å². The van der Waals surface area contributed by atoms with Crippen molar-refractivity contribution in [3.8, 4) is 11.5 Å². The van der Waals surface area contributed by atoms with Crippen molar-refractivity contribution >= 4 is 33.4 Å². The van der Waals surface area contributed by atoms with E-state index in [1.807, 2.05) is 0 Å². The summed E-state index contributed by atoms with van der Waals surface area (Å²) in [4.78, 5) is 0. The summed E-state index contributed by atoms with van der Waals surface area (Å²) in [5.74, 6) is 1.33. The molecule has 19 heavy (non-hydrogen) atoms. The van der Waals surface area contributed by atoms with Crippen molar-refractivity contribution in [3.05, 3.63) is 57.5 Å². The molecule has 3 N–H and O–H groups in total. The van der Waals surface area contributed by atoms with E-state index in [1.54, 1.807) is 42.5 Å². The predicted molar refractivity (Wildman–Crippen MR) is 78.2 cm³/mol. The highest BCUT2D eigenvalue weighted by Crippen LogP contribution is 2.27. The van der Waals surface area contributed by atoms with Gasteiger partial charge in [0.1, 0.15) is 11.5 Å². The first-order chi connectivity index (χ1) is 9.10. The lowest BCUT2D eigenvalue weighted by molar-refractivity contribution is 0.318. The fraction of sp³-hybridized carbons (Fsp3) is 0. The van der Waals surface area contributed by atoms with E-state index >= 15 is 0 Å². The van der Waals surface area contributed by atoms with Crippen LogP contribution < -0.4 is 10.5 Å². The van der Waals surface area contributed by atoms with E-state index in [0.29, 0.717) is 26.6 Å². The molecule has 2 aromatic carbocycles. The zero-order valence-electron chi connectivity index (χ0n) is 9.68. The largest absolute Gasteiger partial charge is 0.457 e. The predicted octanol–water partition coefficient (Wildman–Crippen LogP) is 3.99. The first-order valence-electron chi connectivity index (χ1n) is 5.31. The lowest BCUT2D eigenvalue weighted by Gasteiger charge is -2.08. The van der Waals surface area contributed by atoms with Crippen LogP contribution in [0.5, 0.6) is 11.5 Å². The third-order valence-electron chi connectivity index (χ3n) is 2.37. The molecule has 0 radical (unpaired) electrons. The van der Waals surface area contributed by atoms with Gasteiger partial charge in [-0.15, -0.1) is 0 Å². The summed E-state index contributed by atoms with van der Waals surface area (Å²) in [6.45, 7) is 0. The van der Waals surface area contributed by atoms with Crippen LogP contribution >= 0.6 is 27.5 Å². The molecule has 4 nitrogen and oxygen atoms in total. The Morgan fingerprint density at radius 1 is 1.16 bits per heavy atom. The zero-order valence-corrected chi connectivity index (χ0v) is 12.0. The molecule has 0 aromatic heterocycles. The molecule has 0 spiro atoms. The molecule has 6 heteroatoms. The smallest absolute Gasteiger partial charge is 0.171 e. The molecular formula is C13H10BrClN2O2. The van der Waals surface area contributed by atoms with Crippen LogP contribution in [0.1, 0.15) is 5.56 Å². The Balaban J connectivity index is 2.23. The first-order valence-corrected chi connectivity index (χ1v) is 6.48. The average molecular weight is 342 g/mol. The van der Waals surface area contributed by atoms with E-state index < -0.39 is 0 Å². The van der Waals surface area contributed by atoms with Crippen molar-refractivity contribution in [1.82, 2.24) is 0 Å². The molecule has 0 saturated carbocycles. The maximum Gasteiger partial charge on any atom is 0.171 e. The number of hydrogen-bond acceptors (Lipinski definition) is 3. The summed E-state index contributed by atoms with van der Waals surface area (Å²) >= 11 is 9.14. The van der Waals surface area contributed by atoms with Gasteiger partial charge in [-0.2, -0.15) is 0 Å². The molecule has 0 fully saturated rings. The van der Waals surface area contributed by atoms with Crippen LogP contribution in [0.15, 0.2) is 52.1 Å². The third-order valence-corrected chi connectivity index (χ3v) is 3.28. The first kappa shape index (κ1) is 13.7. The number of nitrogens with two attached hydrogens (primary N) is 1. The molecule has 0 aliphatic carbocycles. The van der Waals surface area contributed by atoms with Gasteiger partial charge in [0.25, 0.3) is 0 Å². The number of nitrogens with zero attached hydrogens (tertiary/aromatic N) is 1. The Kier molecular flexibility index (Phi) is 4.29. The van der Waals surface area contributed by atoms with E-state index in [2.05, 4.69) is 21.1 Å². The van der Waals surface area contributed by atoms with Crippen molar-refractivity contribution in [2.45, 2.75) is 0 Å². The zero-order chi connectivity index (χ0) is 13.8. The highest BCUT2D eigenvalue weighted by molar-refractivity contribution is 9.10. The SMILES string of the molecule is N/C(=N/O)c1ccc(Oc2ccc(Cl)cc2)cc1Br. The van der Waals surface area contributed by atoms with E-state index in [4.69, 9.17) is 27.3 Å². The van der Waals surface area contributed by atoms with Crippen molar-refractivity contribution in [2.75, 3.05) is 0 Å². The number of ether oxygens (including phenoxy) is 1. The molecule has 98 valence electrons. The Morgan fingerprint density at radius 2 is 1.79 bits per heavy atom. The second-order valence-electron chi connectivity index (χ2n) is 3.68. The van der Waals surface area contributed by atoms with E-state index in [0.717, 1.165) is 0 Å². The molecule has 0 atom stereocenters. The standard InChI is InChI=1S/C13H10BrClN2O2/c14-12-7-10(5-6-11(12)13(16)17-18)19-9-3-1-8(15)2-4-9/h1-7,18H,(H2,16,17). The minimum Gasteiger partial charge on any atom is -0.457 e. The topological polar surface area (TPSA) is 67.8 Å². The van der Waals surface area contributed by atoms with Gasteiger partial charge in [0.15, 0.2) is 5.84 Å². The van der Waals surface area contributed by atoms with Crippen LogP contribution in [-0.2, 0) is 0 Å². The number of rotatable bonds is 3. The summed E-state index contributed by atoms with van der Waals surface area (Å²) in [5.41, 5.74) is 6.12. The minimum absolute atomic E-state index is 0.0323. The van der Waals surface area contributed by atoms with Crippen molar-refractivity contribution in [2.24, 2.45) is 10.9 Å². The fourth-order valence-electron chi connectivity index (χ4n) is 1.46. The number of halogens is 2. The van der Waals surface area contributed by atoms with Crippen LogP contribution in [-0.4, -0.2) is 11.0 Å². The highest BCUT2D eigenvalue weighted by atomic mass is 79.9. The number of hydrogen-bond donors (Lipinski definition) is 2. The Labute approximate surface area is 123 Å². The number of benzene rings is 2. The van der Waals surface area contributed by atoms with Gasteiger partial charge in [-0.3, -0.25) is 0 Å². The van der Waals surface area contributed by atoms with Crippen LogP contribution in [0.25, 0.3) is 0 Å². The molecule has 2 aromatic rings. The van der Waals surface area contributed by atoms with Crippen molar-refractivity contribution in [3.63, 3.8) is 0 Å². The number of amidine groups is 1. The van der Waals surface area contributed by atoms with Crippen molar-refractivity contribution in [1.29, 1.82) is 0 Å². The molecule has 2 rings (SSSR count). The van der Waals surface area contributed by atoms with Gasteiger partial charge in [0.05, 0.1) is 0 Å². The van der Waals surface area contributed by atoms with Gasteiger partial charge in [0.2, 0.25) is 0 Å². The van der Waals surface area contributed by atoms with E-state index in [-0.39, 0.29) is 5.84 Å². The van der Waals surface area contributed by atoms with Gasteiger partial charge in [0, 0.05) is 15.1 Å². The molecule has 0 aliphatic rings. The van der Waals surface area contributed by atoms with Gasteiger partial charge in [-0.05, 0) is 58.4 Å². The lowest BCUT2D eigenvalue weighted by atomic mass is 10.2. The van der Waals surface area contributed by atoms with Crippen molar-refractivity contribution < 1.29 is 9.94 Å². The molecule has 0 heterocycles. The van der Waals surface area contributed by atoms with E-state index in [1.165, 1.54) is 0 Å². The summed E-state index contributed by atoms with van der Waals surface area (Å²) in [6, 6.07) is 12.2. The Bertz CT molecular complexity index is 615. The molecule has 0 aliphatic heterocycles. The monoisotopic (exact) mass is 340 g/mol. The van der Waals surface area contributed by atoms with Gasteiger partial charge >= 0.3 is 0 Å². The Hall–Kier alpha value is -1.72. The molecular weight excluding hydrogens is 332 g/mol. The summed E-state index contributed by atoms with van der Waals surface area (Å²) in [5, 5.41) is 12.2. The molecule has 0 amide bonds. The van der Waals surface area contributed by atoms with E-state index in [9.17, 15) is 0 Å². The Morgan fingerprint density at radius 3 is 2.37 bits per heavy atom. The average Bonchev–Trinajstić information content (AvgIpc) is 2.41. The second-order valence-corrected chi connectivity index (χ2v) is 4.97. The van der Waals surface area contributed by atoms with Crippen LogP contribution in [0.4, 0.5) is 0 Å². The minimum atomic E-state index is 0.0323. The highest BCUT2D eigenvalue weighted by Gasteiger charge is 2.07. The second kappa shape index (κ2) is 5.95. The number of oxime groups is 1. The third kappa shape index (κ3) is 3.39. The summed E-state index contributed by atoms with van der Waals surface area (Å²) in [7, 11) is 0. The molecule has 0 bridgehead atoms. The fourth-order valence-corrected chi connectivity index (χ4v) is 2.15. The molecule has 0 saturated heterocycles. The maximum atomic E-state index is 8.64. The normalized spacial score (nSPS) is 11.4. The maximum absolute atomic E-state index is 8.64. The van der Waals surface area contributed by atoms with Gasteiger partial charge in [-0.1, -0.05) is 16.8 Å². The van der Waals surface area contributed by atoms with Crippen LogP contribution in [0.3, 0.4) is 0 Å².